The maximum Gasteiger partial charge on any atom is 0.407 e. The summed E-state index contributed by atoms with van der Waals surface area (Å²) < 4.78 is 98.0. The van der Waals surface area contributed by atoms with E-state index in [2.05, 4.69) is 10.6 Å². The van der Waals surface area contributed by atoms with Gasteiger partial charge in [0, 0.05) is 88.7 Å². The third-order valence-corrected chi connectivity index (χ3v) is 11.0. The van der Waals surface area contributed by atoms with Crippen molar-refractivity contribution in [3.8, 4) is 0 Å². The first-order valence-electron chi connectivity index (χ1n) is 25.6. The number of carbonyl (C=O) groups is 12. The molecule has 3 fully saturated rings. The molecule has 6 unspecified atom stereocenters. The van der Waals surface area contributed by atoms with Gasteiger partial charge in [0.15, 0.2) is 61.6 Å². The van der Waals surface area contributed by atoms with Crippen LogP contribution in [0.2, 0.25) is 0 Å². The first-order chi connectivity index (χ1) is 37.8. The third-order valence-electron chi connectivity index (χ3n) is 11.0. The summed E-state index contributed by atoms with van der Waals surface area (Å²) in [6.45, 7) is 13.0. The Balaban J connectivity index is 2.12. The fraction of sp³-hybridized carbons (Fsp3) is 0.760. The normalized spacial score (nSPS) is 28.0. The fourth-order valence-electron chi connectivity index (χ4n) is 8.23. The van der Waals surface area contributed by atoms with Crippen molar-refractivity contribution in [2.75, 3.05) is 39.5 Å². The summed E-state index contributed by atoms with van der Waals surface area (Å²) in [5.41, 5.74) is -0.695. The molecule has 3 heterocycles. The van der Waals surface area contributed by atoms with Gasteiger partial charge in [0.1, 0.15) is 55.9 Å². The van der Waals surface area contributed by atoms with E-state index in [1.807, 2.05) is 0 Å². The lowest BCUT2D eigenvalue weighted by Gasteiger charge is -2.50. The summed E-state index contributed by atoms with van der Waals surface area (Å²) in [5.74, 6) is -10.1. The van der Waals surface area contributed by atoms with E-state index in [4.69, 9.17) is 80.5 Å². The Morgan fingerprint density at radius 1 is 0.383 bits per heavy atom. The topological polar surface area (TPSA) is 386 Å². The number of alkyl carbamates (subject to hydrolysis) is 1. The van der Waals surface area contributed by atoms with Crippen molar-refractivity contribution in [1.82, 2.24) is 10.6 Å². The van der Waals surface area contributed by atoms with E-state index in [9.17, 15) is 57.5 Å². The van der Waals surface area contributed by atoms with Gasteiger partial charge in [-0.15, -0.1) is 0 Å². The average molecular weight is 1170 g/mol. The van der Waals surface area contributed by atoms with E-state index >= 15 is 0 Å². The SMILES string of the molecule is CC(=O)OCC1O[C@@H](OCCCC(=O)NCCCNC(=O)OC(C)(C)C)C(OC(C)=O)[C@@H](OC(C)=O)[C@@H]1O[C@@H]1OC(COC(C)=O)[C@H](O[C@H]2OC(COC(C)=O)[C@H](OC(C)=O)[C@H](OC(C)=O)C2OC(C)=O)[C@H](OC(C)=O)C1OC(C)=O. The van der Waals surface area contributed by atoms with Crippen LogP contribution in [0, 0.1) is 0 Å². The van der Waals surface area contributed by atoms with Gasteiger partial charge in [-0.1, -0.05) is 0 Å². The molecule has 15 atom stereocenters. The second-order valence-corrected chi connectivity index (χ2v) is 19.4. The molecule has 458 valence electrons. The molecule has 0 aliphatic carbocycles. The lowest BCUT2D eigenvalue weighted by Crippen LogP contribution is -2.69. The van der Waals surface area contributed by atoms with E-state index in [1.165, 1.54) is 0 Å². The minimum atomic E-state index is -2.07. The number of amides is 2. The molecule has 0 bridgehead atoms. The minimum Gasteiger partial charge on any atom is -0.463 e. The average Bonchev–Trinajstić information content (AvgIpc) is 3.32. The van der Waals surface area contributed by atoms with Gasteiger partial charge in [-0.25, -0.2) is 4.79 Å². The number of ether oxygens (including phenoxy) is 17. The predicted molar refractivity (Wildman–Crippen MR) is 262 cm³/mol. The molecule has 0 aromatic carbocycles. The van der Waals surface area contributed by atoms with Gasteiger partial charge < -0.3 is 91.2 Å². The smallest absolute Gasteiger partial charge is 0.407 e. The highest BCUT2D eigenvalue weighted by Crippen LogP contribution is 2.38. The van der Waals surface area contributed by atoms with Crippen LogP contribution in [0.3, 0.4) is 0 Å². The lowest BCUT2D eigenvalue weighted by atomic mass is 9.95. The Morgan fingerprint density at radius 2 is 0.704 bits per heavy atom. The highest BCUT2D eigenvalue weighted by Gasteiger charge is 2.60. The summed E-state index contributed by atoms with van der Waals surface area (Å²) in [7, 11) is 0. The molecule has 31 nitrogen and oxygen atoms in total. The third kappa shape index (κ3) is 24.1. The molecule has 81 heavy (non-hydrogen) atoms. The number of rotatable bonds is 26. The van der Waals surface area contributed by atoms with Crippen LogP contribution in [0.25, 0.3) is 0 Å². The largest absolute Gasteiger partial charge is 0.463 e. The highest BCUT2D eigenvalue weighted by molar-refractivity contribution is 5.76. The van der Waals surface area contributed by atoms with Crippen molar-refractivity contribution in [3.63, 3.8) is 0 Å². The molecule has 3 aliphatic heterocycles. The van der Waals surface area contributed by atoms with Crippen LogP contribution in [0.4, 0.5) is 4.79 Å². The zero-order valence-electron chi connectivity index (χ0n) is 47.4. The van der Waals surface area contributed by atoms with Crippen LogP contribution in [-0.2, 0) is 133 Å². The van der Waals surface area contributed by atoms with Gasteiger partial charge in [-0.3, -0.25) is 52.7 Å². The van der Waals surface area contributed by atoms with Crippen LogP contribution < -0.4 is 10.6 Å². The maximum atomic E-state index is 13.1. The van der Waals surface area contributed by atoms with E-state index in [0.717, 1.165) is 69.2 Å². The summed E-state index contributed by atoms with van der Waals surface area (Å²) in [4.78, 5) is 151. The standard InChI is InChI=1S/C50H74N2O29/c1-23(53)66-20-33-37(69-26(4)56)40(70-27(5)57)44(74-31(9)61)47(77-33)80-39-35(22-68-25(3)55)78-48(45(75-32(10)62)42(39)72-29(7)59)79-38-34(21-67-24(2)54)76-46(43(73-30(8)60)41(38)71-28(6)58)65-19-14-16-36(63)51-17-15-18-52-49(64)81-50(11,12)13/h33-35,37-48H,14-22H2,1-13H3,(H,51,63)(H,52,64)/t33?,34?,35?,37-,38+,39-,40-,41-,42-,43?,44?,45?,46+,47+,48-/m0/s1. The second kappa shape index (κ2) is 32.6. The fourth-order valence-corrected chi connectivity index (χ4v) is 8.23. The van der Waals surface area contributed by atoms with Gasteiger partial charge in [0.25, 0.3) is 0 Å². The van der Waals surface area contributed by atoms with Crippen molar-refractivity contribution in [2.24, 2.45) is 0 Å². The Kier molecular flexibility index (Phi) is 27.6. The number of nitrogens with one attached hydrogen (secondary N) is 2. The molecule has 0 radical (unpaired) electrons. The number of hydrogen-bond donors (Lipinski definition) is 2. The molecule has 0 aromatic heterocycles. The minimum absolute atomic E-state index is 0.0451. The van der Waals surface area contributed by atoms with Gasteiger partial charge in [-0.2, -0.15) is 0 Å². The first-order valence-corrected chi connectivity index (χ1v) is 25.6. The molecule has 0 saturated carbocycles. The van der Waals surface area contributed by atoms with E-state index < -0.39 is 189 Å². The van der Waals surface area contributed by atoms with Gasteiger partial charge in [0.05, 0.1) is 6.61 Å². The molecule has 31 heteroatoms. The number of hydrogen-bond acceptors (Lipinski definition) is 29. The zero-order chi connectivity index (χ0) is 60.9. The summed E-state index contributed by atoms with van der Waals surface area (Å²) >= 11 is 0. The quantitative estimate of drug-likeness (QED) is 0.0652. The molecule has 2 amide bonds. The highest BCUT2D eigenvalue weighted by atomic mass is 16.8. The van der Waals surface area contributed by atoms with Crippen molar-refractivity contribution in [2.45, 2.75) is 207 Å². The Labute approximate surface area is 466 Å². The zero-order valence-corrected chi connectivity index (χ0v) is 47.4. The second-order valence-electron chi connectivity index (χ2n) is 19.4. The van der Waals surface area contributed by atoms with E-state index in [0.29, 0.717) is 6.42 Å². The Hall–Kier alpha value is -6.80. The lowest BCUT2D eigenvalue weighted by molar-refractivity contribution is -0.380. The summed E-state index contributed by atoms with van der Waals surface area (Å²) in [5, 5.41) is 5.29. The van der Waals surface area contributed by atoms with Crippen molar-refractivity contribution in [1.29, 1.82) is 0 Å². The molecule has 3 rings (SSSR count). The predicted octanol–water partition coefficient (Wildman–Crippen LogP) is -0.0295. The number of carbonyl (C=O) groups excluding carboxylic acids is 12. The summed E-state index contributed by atoms with van der Waals surface area (Å²) in [6.07, 6.45) is -27.4. The van der Waals surface area contributed by atoms with E-state index in [-0.39, 0.29) is 32.5 Å². The van der Waals surface area contributed by atoms with Crippen LogP contribution in [0.5, 0.6) is 0 Å². The molecule has 3 aliphatic rings. The molecular formula is C50H74N2O29. The van der Waals surface area contributed by atoms with Crippen molar-refractivity contribution >= 4 is 71.7 Å². The van der Waals surface area contributed by atoms with Gasteiger partial charge in [-0.05, 0) is 33.6 Å². The van der Waals surface area contributed by atoms with Crippen molar-refractivity contribution in [3.05, 3.63) is 0 Å². The molecule has 3 saturated heterocycles. The van der Waals surface area contributed by atoms with Gasteiger partial charge in [0.2, 0.25) is 5.91 Å². The van der Waals surface area contributed by atoms with Crippen molar-refractivity contribution < 1.29 is 138 Å². The van der Waals surface area contributed by atoms with Crippen LogP contribution in [0.15, 0.2) is 0 Å². The molecular weight excluding hydrogens is 1090 g/mol. The van der Waals surface area contributed by atoms with Crippen LogP contribution >= 0.6 is 0 Å². The molecule has 0 spiro atoms. The maximum absolute atomic E-state index is 13.1. The first kappa shape index (κ1) is 68.5. The Bertz CT molecular complexity index is 2220. The Morgan fingerprint density at radius 3 is 1.07 bits per heavy atom. The molecule has 2 N–H and O–H groups in total. The van der Waals surface area contributed by atoms with Crippen LogP contribution in [-0.4, -0.2) is 209 Å². The van der Waals surface area contributed by atoms with E-state index in [1.54, 1.807) is 20.8 Å². The van der Waals surface area contributed by atoms with Gasteiger partial charge >= 0.3 is 65.8 Å². The molecule has 0 aromatic rings. The monoisotopic (exact) mass is 1170 g/mol. The summed E-state index contributed by atoms with van der Waals surface area (Å²) in [6, 6.07) is 0. The van der Waals surface area contributed by atoms with Crippen LogP contribution in [0.1, 0.15) is 109 Å². The number of esters is 10.